The van der Waals surface area contributed by atoms with Gasteiger partial charge in [0.05, 0.1) is 29.1 Å². The summed E-state index contributed by atoms with van der Waals surface area (Å²) in [7, 11) is 0. The van der Waals surface area contributed by atoms with E-state index in [0.717, 1.165) is 5.69 Å². The van der Waals surface area contributed by atoms with Crippen LogP contribution >= 0.6 is 11.8 Å². The molecule has 0 radical (unpaired) electrons. The quantitative estimate of drug-likeness (QED) is 0.306. The predicted octanol–water partition coefficient (Wildman–Crippen LogP) is 3.27. The summed E-state index contributed by atoms with van der Waals surface area (Å²) in [6.45, 7) is 4.33. The van der Waals surface area contributed by atoms with Crippen LogP contribution in [0.1, 0.15) is 6.42 Å². The molecule has 0 aliphatic rings. The predicted molar refractivity (Wildman–Crippen MR) is 125 cm³/mol. The highest BCUT2D eigenvalue weighted by Gasteiger charge is 2.20. The number of para-hydroxylation sites is 2. The Kier molecular flexibility index (Phi) is 6.33. The smallest absolute Gasteiger partial charge is 0.263 e. The maximum atomic E-state index is 13.0. The van der Waals surface area contributed by atoms with Gasteiger partial charge < -0.3 is 4.90 Å². The zero-order valence-electron chi connectivity index (χ0n) is 17.2. The molecular weight excluding hydrogens is 424 g/mol. The van der Waals surface area contributed by atoms with Crippen LogP contribution in [0.3, 0.4) is 0 Å². The van der Waals surface area contributed by atoms with Crippen molar-refractivity contribution >= 4 is 40.0 Å². The van der Waals surface area contributed by atoms with Gasteiger partial charge in [-0.05, 0) is 24.3 Å². The van der Waals surface area contributed by atoms with E-state index in [1.165, 1.54) is 16.3 Å². The van der Waals surface area contributed by atoms with Gasteiger partial charge in [-0.3, -0.25) is 18.6 Å². The highest BCUT2D eigenvalue weighted by Crippen LogP contribution is 2.23. The fourth-order valence-electron chi connectivity index (χ4n) is 3.49. The number of allylic oxidation sites excluding steroid dienone is 1. The Bertz CT molecular complexity index is 1390. The minimum absolute atomic E-state index is 0.107. The lowest BCUT2D eigenvalue weighted by Gasteiger charge is -2.21. The monoisotopic (exact) mass is 444 g/mol. The van der Waals surface area contributed by atoms with E-state index in [-0.39, 0.29) is 23.6 Å². The minimum atomic E-state index is -0.167. The number of amides is 1. The summed E-state index contributed by atoms with van der Waals surface area (Å²) in [5, 5.41) is 18.5. The number of hydrogen-bond donors (Lipinski definition) is 0. The second-order valence-corrected chi connectivity index (χ2v) is 7.86. The van der Waals surface area contributed by atoms with Crippen LogP contribution in [0.25, 0.3) is 16.7 Å². The molecule has 2 heterocycles. The maximum Gasteiger partial charge on any atom is 0.263 e. The Hall–Kier alpha value is -3.90. The summed E-state index contributed by atoms with van der Waals surface area (Å²) in [6.07, 6.45) is 1.87. The van der Waals surface area contributed by atoms with Crippen LogP contribution in [0.5, 0.6) is 0 Å². The molecular formula is C23H20N6O2S. The van der Waals surface area contributed by atoms with Crippen LogP contribution in [0.4, 0.5) is 5.69 Å². The van der Waals surface area contributed by atoms with E-state index < -0.39 is 0 Å². The Morgan fingerprint density at radius 2 is 1.91 bits per heavy atom. The third-order valence-electron chi connectivity index (χ3n) is 4.93. The van der Waals surface area contributed by atoms with Gasteiger partial charge in [-0.1, -0.05) is 48.2 Å². The second-order valence-electron chi connectivity index (χ2n) is 6.92. The zero-order valence-corrected chi connectivity index (χ0v) is 18.0. The van der Waals surface area contributed by atoms with Crippen LogP contribution in [0, 0.1) is 11.3 Å². The number of hydrogen-bond acceptors (Lipinski definition) is 6. The molecule has 160 valence electrons. The molecule has 9 heteroatoms. The van der Waals surface area contributed by atoms with Gasteiger partial charge in [0.2, 0.25) is 11.7 Å². The van der Waals surface area contributed by atoms with Crippen molar-refractivity contribution in [3.8, 4) is 6.07 Å². The number of thioether (sulfide) groups is 1. The summed E-state index contributed by atoms with van der Waals surface area (Å²) < 4.78 is 3.30. The third kappa shape index (κ3) is 4.00. The maximum absolute atomic E-state index is 13.0. The van der Waals surface area contributed by atoms with Gasteiger partial charge >= 0.3 is 0 Å². The molecule has 0 spiro atoms. The lowest BCUT2D eigenvalue weighted by atomic mass is 10.2. The molecule has 1 amide bonds. The van der Waals surface area contributed by atoms with Crippen molar-refractivity contribution in [3.63, 3.8) is 0 Å². The molecule has 2 aromatic carbocycles. The van der Waals surface area contributed by atoms with Crippen molar-refractivity contribution in [1.82, 2.24) is 19.2 Å². The largest absolute Gasteiger partial charge is 0.311 e. The summed E-state index contributed by atoms with van der Waals surface area (Å²) >= 11 is 1.24. The molecule has 2 aromatic heterocycles. The molecule has 4 aromatic rings. The minimum Gasteiger partial charge on any atom is -0.311 e. The van der Waals surface area contributed by atoms with E-state index >= 15 is 0 Å². The van der Waals surface area contributed by atoms with Gasteiger partial charge in [0, 0.05) is 18.8 Å². The van der Waals surface area contributed by atoms with E-state index in [4.69, 9.17) is 5.26 Å². The van der Waals surface area contributed by atoms with Gasteiger partial charge in [-0.15, -0.1) is 16.8 Å². The Labute approximate surface area is 188 Å². The average Bonchev–Trinajstić information content (AvgIpc) is 3.25. The molecule has 0 fully saturated rings. The number of fused-ring (bicyclic) bond motifs is 3. The van der Waals surface area contributed by atoms with E-state index in [0.29, 0.717) is 34.9 Å². The first-order chi connectivity index (χ1) is 15.7. The van der Waals surface area contributed by atoms with Crippen molar-refractivity contribution in [2.45, 2.75) is 18.1 Å². The lowest BCUT2D eigenvalue weighted by molar-refractivity contribution is -0.116. The molecule has 8 nitrogen and oxygen atoms in total. The van der Waals surface area contributed by atoms with Crippen molar-refractivity contribution < 1.29 is 4.79 Å². The Balaban J connectivity index is 1.69. The normalized spacial score (nSPS) is 10.8. The molecule has 32 heavy (non-hydrogen) atoms. The number of nitriles is 1. The van der Waals surface area contributed by atoms with Gasteiger partial charge in [0.25, 0.3) is 5.56 Å². The number of benzene rings is 2. The number of anilines is 1. The van der Waals surface area contributed by atoms with E-state index in [1.807, 2.05) is 42.5 Å². The first-order valence-corrected chi connectivity index (χ1v) is 11.0. The second kappa shape index (κ2) is 9.49. The number of carbonyl (C=O) groups excluding carboxylic acids is 1. The van der Waals surface area contributed by atoms with Crippen LogP contribution in [-0.4, -0.2) is 37.4 Å². The topological polar surface area (TPSA) is 96.3 Å². The Morgan fingerprint density at radius 1 is 1.16 bits per heavy atom. The Morgan fingerprint density at radius 3 is 2.66 bits per heavy atom. The first kappa shape index (κ1) is 21.3. The van der Waals surface area contributed by atoms with Gasteiger partial charge in [0.1, 0.15) is 0 Å². The number of carbonyl (C=O) groups is 1. The van der Waals surface area contributed by atoms with Crippen LogP contribution in [-0.2, 0) is 11.3 Å². The van der Waals surface area contributed by atoms with Crippen molar-refractivity contribution in [1.29, 1.82) is 5.26 Å². The lowest BCUT2D eigenvalue weighted by Crippen LogP contribution is -2.33. The number of rotatable bonds is 8. The molecule has 0 atom stereocenters. The van der Waals surface area contributed by atoms with Gasteiger partial charge in [0.15, 0.2) is 5.16 Å². The van der Waals surface area contributed by atoms with Crippen molar-refractivity contribution in [2.24, 2.45) is 0 Å². The first-order valence-electron chi connectivity index (χ1n) is 9.98. The molecule has 0 bridgehead atoms. The average molecular weight is 445 g/mol. The summed E-state index contributed by atoms with van der Waals surface area (Å²) in [6, 6.07) is 18.6. The van der Waals surface area contributed by atoms with Crippen LogP contribution < -0.4 is 10.5 Å². The highest BCUT2D eigenvalue weighted by atomic mass is 32.2. The molecule has 0 aliphatic carbocycles. The molecule has 0 saturated carbocycles. The standard InChI is InChI=1S/C23H20N6O2S/c1-2-14-28-21(31)18-11-6-7-12-19(18)29-22(28)25-26-23(29)32-16-20(30)27(15-8-13-24)17-9-4-3-5-10-17/h2-7,9-12H,1,8,14-16H2. The van der Waals surface area contributed by atoms with Gasteiger partial charge in [-0.25, -0.2) is 0 Å². The summed E-state index contributed by atoms with van der Waals surface area (Å²) in [4.78, 5) is 27.5. The molecule has 0 unspecified atom stereocenters. The number of aromatic nitrogens is 4. The summed E-state index contributed by atoms with van der Waals surface area (Å²) in [5.74, 6) is 0.362. The third-order valence-corrected chi connectivity index (χ3v) is 5.84. The highest BCUT2D eigenvalue weighted by molar-refractivity contribution is 7.99. The zero-order chi connectivity index (χ0) is 22.5. The fraction of sp³-hybridized carbons (Fsp3) is 0.174. The molecule has 0 N–H and O–H groups in total. The van der Waals surface area contributed by atoms with E-state index in [1.54, 1.807) is 27.5 Å². The molecule has 0 saturated heterocycles. The van der Waals surface area contributed by atoms with Crippen LogP contribution in [0.2, 0.25) is 0 Å². The molecule has 4 rings (SSSR count). The van der Waals surface area contributed by atoms with E-state index in [9.17, 15) is 9.59 Å². The fourth-order valence-corrected chi connectivity index (χ4v) is 4.31. The summed E-state index contributed by atoms with van der Waals surface area (Å²) in [5.41, 5.74) is 1.25. The van der Waals surface area contributed by atoms with E-state index in [2.05, 4.69) is 22.8 Å². The number of nitrogens with zero attached hydrogens (tertiary/aromatic N) is 6. The van der Waals surface area contributed by atoms with Gasteiger partial charge in [-0.2, -0.15) is 5.26 Å². The van der Waals surface area contributed by atoms with Crippen molar-refractivity contribution in [2.75, 3.05) is 17.2 Å². The SMILES string of the molecule is C=CCn1c(=O)c2ccccc2n2c(SCC(=O)N(CCC#N)c3ccccc3)nnc12. The van der Waals surface area contributed by atoms with Crippen molar-refractivity contribution in [3.05, 3.63) is 77.6 Å². The molecule has 0 aliphatic heterocycles. The van der Waals surface area contributed by atoms with Crippen LogP contribution in [0.15, 0.2) is 77.2 Å².